The standard InChI is InChI=1S/C14H14ClN3O2/c1-20-13-3-2-10(8-11(13)15)4-5-18-14(19)12-9-16-6-7-17-12/h2-3,6-9H,4-5H2,1H3,(H,18,19). The third-order valence-electron chi connectivity index (χ3n) is 2.71. The Morgan fingerprint density at radius 1 is 1.40 bits per heavy atom. The van der Waals surface area contributed by atoms with Gasteiger partial charge >= 0.3 is 0 Å². The molecular weight excluding hydrogens is 278 g/mol. The minimum atomic E-state index is -0.238. The fourth-order valence-electron chi connectivity index (χ4n) is 1.69. The molecule has 0 aliphatic rings. The fourth-order valence-corrected chi connectivity index (χ4v) is 1.97. The third kappa shape index (κ3) is 3.68. The molecule has 1 amide bonds. The second-order valence-electron chi connectivity index (χ2n) is 4.07. The van der Waals surface area contributed by atoms with Crippen molar-refractivity contribution in [2.24, 2.45) is 0 Å². The van der Waals surface area contributed by atoms with Crippen LogP contribution in [0.4, 0.5) is 0 Å². The summed E-state index contributed by atoms with van der Waals surface area (Å²) in [6.07, 6.45) is 5.11. The van der Waals surface area contributed by atoms with E-state index in [1.54, 1.807) is 7.11 Å². The van der Waals surface area contributed by atoms with E-state index in [0.29, 0.717) is 29.4 Å². The largest absolute Gasteiger partial charge is 0.495 e. The SMILES string of the molecule is COc1ccc(CCNC(=O)c2cnccn2)cc1Cl. The Labute approximate surface area is 122 Å². The molecule has 1 heterocycles. The van der Waals surface area contributed by atoms with Crippen LogP contribution in [-0.4, -0.2) is 29.5 Å². The maximum atomic E-state index is 11.7. The summed E-state index contributed by atoms with van der Waals surface area (Å²) in [7, 11) is 1.57. The number of aromatic nitrogens is 2. The number of hydrogen-bond acceptors (Lipinski definition) is 4. The van der Waals surface area contributed by atoms with Crippen LogP contribution in [0.5, 0.6) is 5.75 Å². The fraction of sp³-hybridized carbons (Fsp3) is 0.214. The van der Waals surface area contributed by atoms with Crippen molar-refractivity contribution in [1.29, 1.82) is 0 Å². The van der Waals surface area contributed by atoms with Crippen molar-refractivity contribution in [2.45, 2.75) is 6.42 Å². The highest BCUT2D eigenvalue weighted by atomic mass is 35.5. The van der Waals surface area contributed by atoms with E-state index < -0.39 is 0 Å². The lowest BCUT2D eigenvalue weighted by atomic mass is 10.1. The van der Waals surface area contributed by atoms with E-state index >= 15 is 0 Å². The first kappa shape index (κ1) is 14.3. The monoisotopic (exact) mass is 291 g/mol. The molecule has 0 unspecified atom stereocenters. The Bertz CT molecular complexity index is 590. The lowest BCUT2D eigenvalue weighted by Crippen LogP contribution is -2.26. The predicted molar refractivity (Wildman–Crippen MR) is 76.1 cm³/mol. The van der Waals surface area contributed by atoms with Crippen LogP contribution in [0.25, 0.3) is 0 Å². The number of nitrogens with one attached hydrogen (secondary N) is 1. The number of halogens is 1. The van der Waals surface area contributed by atoms with Gasteiger partial charge in [-0.2, -0.15) is 0 Å². The molecule has 0 atom stereocenters. The van der Waals surface area contributed by atoms with Gasteiger partial charge in [0.25, 0.3) is 5.91 Å². The summed E-state index contributed by atoms with van der Waals surface area (Å²) in [6.45, 7) is 0.498. The molecule has 6 heteroatoms. The summed E-state index contributed by atoms with van der Waals surface area (Å²) >= 11 is 6.04. The molecule has 1 aromatic heterocycles. The molecule has 0 spiro atoms. The van der Waals surface area contributed by atoms with Crippen molar-refractivity contribution in [3.8, 4) is 5.75 Å². The van der Waals surface area contributed by atoms with E-state index in [0.717, 1.165) is 5.56 Å². The summed E-state index contributed by atoms with van der Waals surface area (Å²) in [6, 6.07) is 5.55. The van der Waals surface area contributed by atoms with Gasteiger partial charge < -0.3 is 10.1 Å². The molecule has 0 fully saturated rings. The number of carbonyl (C=O) groups is 1. The molecule has 20 heavy (non-hydrogen) atoms. The number of methoxy groups -OCH3 is 1. The van der Waals surface area contributed by atoms with Gasteiger partial charge in [-0.25, -0.2) is 4.98 Å². The van der Waals surface area contributed by atoms with Crippen molar-refractivity contribution in [1.82, 2.24) is 15.3 Å². The van der Waals surface area contributed by atoms with Crippen molar-refractivity contribution < 1.29 is 9.53 Å². The van der Waals surface area contributed by atoms with E-state index in [2.05, 4.69) is 15.3 Å². The molecule has 0 bridgehead atoms. The minimum Gasteiger partial charge on any atom is -0.495 e. The molecule has 104 valence electrons. The highest BCUT2D eigenvalue weighted by molar-refractivity contribution is 6.32. The van der Waals surface area contributed by atoms with Gasteiger partial charge in [0.2, 0.25) is 0 Å². The molecule has 2 rings (SSSR count). The molecule has 2 aromatic rings. The van der Waals surface area contributed by atoms with Crippen molar-refractivity contribution in [3.05, 3.63) is 53.1 Å². The minimum absolute atomic E-state index is 0.238. The van der Waals surface area contributed by atoms with Crippen LogP contribution in [0.3, 0.4) is 0 Å². The highest BCUT2D eigenvalue weighted by Gasteiger charge is 2.06. The molecule has 0 saturated heterocycles. The van der Waals surface area contributed by atoms with E-state index in [1.165, 1.54) is 18.6 Å². The van der Waals surface area contributed by atoms with E-state index in [1.807, 2.05) is 18.2 Å². The number of rotatable bonds is 5. The Kier molecular flexibility index (Phi) is 4.90. The zero-order valence-electron chi connectivity index (χ0n) is 11.0. The lowest BCUT2D eigenvalue weighted by molar-refractivity contribution is 0.0948. The van der Waals surface area contributed by atoms with Gasteiger partial charge in [-0.1, -0.05) is 17.7 Å². The topological polar surface area (TPSA) is 64.1 Å². The number of hydrogen-bond donors (Lipinski definition) is 1. The first-order valence-corrected chi connectivity index (χ1v) is 6.45. The van der Waals surface area contributed by atoms with E-state index in [9.17, 15) is 4.79 Å². The number of carbonyl (C=O) groups excluding carboxylic acids is 1. The maximum absolute atomic E-state index is 11.7. The molecular formula is C14H14ClN3O2. The predicted octanol–water partition coefficient (Wildman–Crippen LogP) is 2.11. The molecule has 0 radical (unpaired) electrons. The number of benzene rings is 1. The quantitative estimate of drug-likeness (QED) is 0.916. The Hall–Kier alpha value is -2.14. The lowest BCUT2D eigenvalue weighted by Gasteiger charge is -2.07. The molecule has 1 N–H and O–H groups in total. The number of ether oxygens (including phenoxy) is 1. The van der Waals surface area contributed by atoms with Crippen LogP contribution in [0.15, 0.2) is 36.8 Å². The highest BCUT2D eigenvalue weighted by Crippen LogP contribution is 2.24. The second-order valence-corrected chi connectivity index (χ2v) is 4.47. The van der Waals surface area contributed by atoms with Gasteiger partial charge in [0.05, 0.1) is 18.3 Å². The maximum Gasteiger partial charge on any atom is 0.271 e. The molecule has 5 nitrogen and oxygen atoms in total. The number of amides is 1. The van der Waals surface area contributed by atoms with Crippen LogP contribution in [-0.2, 0) is 6.42 Å². The first-order valence-electron chi connectivity index (χ1n) is 6.07. The van der Waals surface area contributed by atoms with Gasteiger partial charge in [-0.15, -0.1) is 0 Å². The van der Waals surface area contributed by atoms with Crippen LogP contribution in [0.1, 0.15) is 16.1 Å². The third-order valence-corrected chi connectivity index (χ3v) is 3.01. The van der Waals surface area contributed by atoms with Crippen molar-refractivity contribution >= 4 is 17.5 Å². The van der Waals surface area contributed by atoms with Crippen molar-refractivity contribution in [3.63, 3.8) is 0 Å². The molecule has 0 aliphatic carbocycles. The molecule has 1 aromatic carbocycles. The summed E-state index contributed by atoms with van der Waals surface area (Å²) < 4.78 is 5.08. The van der Waals surface area contributed by atoms with E-state index in [4.69, 9.17) is 16.3 Å². The van der Waals surface area contributed by atoms with Gasteiger partial charge in [0.15, 0.2) is 0 Å². The average Bonchev–Trinajstić information content (AvgIpc) is 2.48. The summed E-state index contributed by atoms with van der Waals surface area (Å²) in [5.74, 6) is 0.400. The summed E-state index contributed by atoms with van der Waals surface area (Å²) in [5.41, 5.74) is 1.33. The van der Waals surface area contributed by atoms with Gasteiger partial charge in [-0.05, 0) is 24.1 Å². The van der Waals surface area contributed by atoms with Gasteiger partial charge in [0.1, 0.15) is 11.4 Å². The molecule has 0 aliphatic heterocycles. The van der Waals surface area contributed by atoms with Crippen LogP contribution in [0, 0.1) is 0 Å². The average molecular weight is 292 g/mol. The van der Waals surface area contributed by atoms with Gasteiger partial charge in [-0.3, -0.25) is 9.78 Å². The normalized spacial score (nSPS) is 10.1. The smallest absolute Gasteiger partial charge is 0.271 e. The van der Waals surface area contributed by atoms with E-state index in [-0.39, 0.29) is 5.91 Å². The second kappa shape index (κ2) is 6.86. The van der Waals surface area contributed by atoms with Crippen molar-refractivity contribution in [2.75, 3.05) is 13.7 Å². The van der Waals surface area contributed by atoms with Crippen LogP contribution in [0.2, 0.25) is 5.02 Å². The van der Waals surface area contributed by atoms with Crippen LogP contribution < -0.4 is 10.1 Å². The first-order chi connectivity index (χ1) is 9.70. The Morgan fingerprint density at radius 3 is 2.90 bits per heavy atom. The van der Waals surface area contributed by atoms with Crippen LogP contribution >= 0.6 is 11.6 Å². The Morgan fingerprint density at radius 2 is 2.25 bits per heavy atom. The molecule has 0 saturated carbocycles. The zero-order chi connectivity index (χ0) is 14.4. The van der Waals surface area contributed by atoms with Gasteiger partial charge in [0, 0.05) is 18.9 Å². The zero-order valence-corrected chi connectivity index (χ0v) is 11.7. The summed E-state index contributed by atoms with van der Waals surface area (Å²) in [4.78, 5) is 19.5. The number of nitrogens with zero attached hydrogens (tertiary/aromatic N) is 2. The Balaban J connectivity index is 1.87. The summed E-state index contributed by atoms with van der Waals surface area (Å²) in [5, 5.41) is 3.34.